The molecule has 12 heteroatoms. The topological polar surface area (TPSA) is 194 Å². The van der Waals surface area contributed by atoms with Crippen LogP contribution in [0.2, 0.25) is 0 Å². The van der Waals surface area contributed by atoms with Crippen molar-refractivity contribution in [1.82, 2.24) is 9.55 Å². The monoisotopic (exact) mass is 343 g/mol. The number of azide groups is 1. The van der Waals surface area contributed by atoms with Crippen LogP contribution < -0.4 is 11.2 Å². The number of H-pyrrole nitrogens is 1. The Labute approximate surface area is 134 Å². The first-order valence-corrected chi connectivity index (χ1v) is 7.04. The van der Waals surface area contributed by atoms with E-state index in [1.807, 2.05) is 4.98 Å². The van der Waals surface area contributed by atoms with Crippen LogP contribution in [-0.2, 0) is 11.2 Å². The molecule has 0 saturated carbocycles. The summed E-state index contributed by atoms with van der Waals surface area (Å²) in [6, 6.07) is 0. The summed E-state index contributed by atoms with van der Waals surface area (Å²) in [5, 5.41) is 41.6. The molecule has 132 valence electrons. The number of aliphatic hydroxyl groups is 4. The van der Waals surface area contributed by atoms with Crippen LogP contribution in [-0.4, -0.2) is 67.5 Å². The van der Waals surface area contributed by atoms with Crippen LogP contribution in [0.25, 0.3) is 10.4 Å². The smallest absolute Gasteiger partial charge is 0.330 e. The lowest BCUT2D eigenvalue weighted by molar-refractivity contribution is -0.0551. The number of nitrogens with zero attached hydrogens (tertiary/aromatic N) is 4. The van der Waals surface area contributed by atoms with Gasteiger partial charge in [-0.2, -0.15) is 0 Å². The lowest BCUT2D eigenvalue weighted by atomic mass is 10.1. The highest BCUT2D eigenvalue weighted by Gasteiger charge is 2.43. The molecule has 0 amide bonds. The summed E-state index contributed by atoms with van der Waals surface area (Å²) < 4.78 is 6.09. The zero-order chi connectivity index (χ0) is 17.9. The summed E-state index contributed by atoms with van der Waals surface area (Å²) in [5.74, 6) is 0. The Balaban J connectivity index is 2.31. The van der Waals surface area contributed by atoms with E-state index in [2.05, 4.69) is 10.0 Å². The van der Waals surface area contributed by atoms with E-state index in [9.17, 15) is 24.9 Å². The van der Waals surface area contributed by atoms with Gasteiger partial charge in [-0.25, -0.2) is 4.79 Å². The number of hydrogen-bond donors (Lipinski definition) is 5. The van der Waals surface area contributed by atoms with Crippen molar-refractivity contribution in [1.29, 1.82) is 0 Å². The maximum atomic E-state index is 11.9. The molecule has 0 aromatic carbocycles. The van der Waals surface area contributed by atoms with Gasteiger partial charge in [-0.1, -0.05) is 5.11 Å². The van der Waals surface area contributed by atoms with Gasteiger partial charge in [0, 0.05) is 23.1 Å². The highest BCUT2D eigenvalue weighted by molar-refractivity contribution is 5.07. The van der Waals surface area contributed by atoms with Gasteiger partial charge in [0.1, 0.15) is 18.3 Å². The first kappa shape index (κ1) is 18.1. The van der Waals surface area contributed by atoms with Crippen LogP contribution in [0.1, 0.15) is 11.8 Å². The molecule has 2 rings (SSSR count). The third-order valence-corrected chi connectivity index (χ3v) is 3.64. The molecule has 0 spiro atoms. The normalized spacial score (nSPS) is 27.7. The van der Waals surface area contributed by atoms with Crippen molar-refractivity contribution in [3.63, 3.8) is 0 Å². The molecule has 5 N–H and O–H groups in total. The van der Waals surface area contributed by atoms with E-state index in [1.54, 1.807) is 0 Å². The molecule has 1 fully saturated rings. The number of rotatable bonds is 6. The number of aliphatic hydroxyl groups excluding tert-OH is 4. The first-order valence-electron chi connectivity index (χ1n) is 7.04. The fourth-order valence-electron chi connectivity index (χ4n) is 2.42. The van der Waals surface area contributed by atoms with Gasteiger partial charge in [-0.05, 0) is 5.53 Å². The highest BCUT2D eigenvalue weighted by Crippen LogP contribution is 2.28. The lowest BCUT2D eigenvalue weighted by Gasteiger charge is -2.18. The fourth-order valence-corrected chi connectivity index (χ4v) is 2.42. The number of hydrogen-bond acceptors (Lipinski definition) is 8. The van der Waals surface area contributed by atoms with Crippen LogP contribution in [0.3, 0.4) is 0 Å². The molecule has 2 heterocycles. The largest absolute Gasteiger partial charge is 0.394 e. The molecule has 24 heavy (non-hydrogen) atoms. The van der Waals surface area contributed by atoms with Gasteiger partial charge < -0.3 is 25.2 Å². The van der Waals surface area contributed by atoms with E-state index >= 15 is 0 Å². The molecular weight excluding hydrogens is 326 g/mol. The molecule has 1 aromatic heterocycles. The zero-order valence-corrected chi connectivity index (χ0v) is 12.4. The fraction of sp³-hybridized carbons (Fsp3) is 0.667. The molecule has 1 aliphatic rings. The summed E-state index contributed by atoms with van der Waals surface area (Å²) >= 11 is 0. The van der Waals surface area contributed by atoms with Crippen molar-refractivity contribution in [3.05, 3.63) is 43.0 Å². The van der Waals surface area contributed by atoms with Gasteiger partial charge >= 0.3 is 5.69 Å². The molecule has 4 unspecified atom stereocenters. The summed E-state index contributed by atoms with van der Waals surface area (Å²) in [6.07, 6.45) is -5.55. The van der Waals surface area contributed by atoms with Gasteiger partial charge in [-0.15, -0.1) is 0 Å². The average Bonchev–Trinajstić information content (AvgIpc) is 2.83. The standard InChI is InChI=1S/C12H17N5O7/c13-16-14-2-6(19)1-5-3-17(12(23)15-10(5)22)11-9(21)8(20)7(4-18)24-11/h3,6-9,11,18-21H,1-2,4H2,(H,15,22,23)/t6?,7?,8-,9?,11?/m0/s1. The molecule has 0 aliphatic carbocycles. The van der Waals surface area contributed by atoms with Crippen LogP contribution >= 0.6 is 0 Å². The SMILES string of the molecule is [N-]=[N+]=NCC(O)Cc1cn(C2OC(CO)[C@H](O)C2O)c(=O)[nH]c1=O. The number of nitrogens with one attached hydrogen (secondary N) is 1. The molecule has 0 bridgehead atoms. The van der Waals surface area contributed by atoms with Crippen molar-refractivity contribution >= 4 is 0 Å². The van der Waals surface area contributed by atoms with Gasteiger partial charge in [0.15, 0.2) is 6.23 Å². The number of aromatic nitrogens is 2. The van der Waals surface area contributed by atoms with E-state index < -0.39 is 48.5 Å². The van der Waals surface area contributed by atoms with Crippen LogP contribution in [0.4, 0.5) is 0 Å². The van der Waals surface area contributed by atoms with E-state index in [0.29, 0.717) is 0 Å². The Morgan fingerprint density at radius 3 is 2.71 bits per heavy atom. The summed E-state index contributed by atoms with van der Waals surface area (Å²) in [5.41, 5.74) is 6.57. The van der Waals surface area contributed by atoms with Gasteiger partial charge in [0.25, 0.3) is 5.56 Å². The molecular formula is C12H17N5O7. The van der Waals surface area contributed by atoms with Crippen molar-refractivity contribution in [3.8, 4) is 0 Å². The van der Waals surface area contributed by atoms with Crippen molar-refractivity contribution in [2.24, 2.45) is 5.11 Å². The summed E-state index contributed by atoms with van der Waals surface area (Å²) in [4.78, 5) is 28.2. The van der Waals surface area contributed by atoms with Crippen molar-refractivity contribution in [2.75, 3.05) is 13.2 Å². The Bertz CT molecular complexity index is 740. The maximum absolute atomic E-state index is 11.9. The van der Waals surface area contributed by atoms with Crippen molar-refractivity contribution in [2.45, 2.75) is 37.1 Å². The van der Waals surface area contributed by atoms with Gasteiger partial charge in [-0.3, -0.25) is 14.3 Å². The quantitative estimate of drug-likeness (QED) is 0.211. The van der Waals surface area contributed by atoms with Crippen LogP contribution in [0.15, 0.2) is 20.9 Å². The molecule has 12 nitrogen and oxygen atoms in total. The molecule has 1 aliphatic heterocycles. The molecule has 5 atom stereocenters. The zero-order valence-electron chi connectivity index (χ0n) is 12.4. The van der Waals surface area contributed by atoms with E-state index in [0.717, 1.165) is 10.8 Å². The third-order valence-electron chi connectivity index (χ3n) is 3.64. The van der Waals surface area contributed by atoms with Crippen LogP contribution in [0.5, 0.6) is 0 Å². The van der Waals surface area contributed by atoms with E-state index in [-0.39, 0.29) is 18.5 Å². The van der Waals surface area contributed by atoms with Crippen LogP contribution in [0, 0.1) is 0 Å². The maximum Gasteiger partial charge on any atom is 0.330 e. The lowest BCUT2D eigenvalue weighted by Crippen LogP contribution is -2.39. The number of aromatic amines is 1. The second kappa shape index (κ2) is 7.57. The Kier molecular flexibility index (Phi) is 5.72. The van der Waals surface area contributed by atoms with Gasteiger partial charge in [0.2, 0.25) is 0 Å². The predicted molar refractivity (Wildman–Crippen MR) is 78.1 cm³/mol. The molecule has 1 saturated heterocycles. The van der Waals surface area contributed by atoms with E-state index in [4.69, 9.17) is 15.4 Å². The minimum atomic E-state index is -1.49. The van der Waals surface area contributed by atoms with Crippen molar-refractivity contribution < 1.29 is 25.2 Å². The summed E-state index contributed by atoms with van der Waals surface area (Å²) in [7, 11) is 0. The van der Waals surface area contributed by atoms with E-state index in [1.165, 1.54) is 0 Å². The predicted octanol–water partition coefficient (Wildman–Crippen LogP) is -2.64. The first-order chi connectivity index (χ1) is 11.4. The average molecular weight is 343 g/mol. The van der Waals surface area contributed by atoms with Gasteiger partial charge in [0.05, 0.1) is 19.3 Å². The number of ether oxygens (including phenoxy) is 1. The Morgan fingerprint density at radius 2 is 2.12 bits per heavy atom. The highest BCUT2D eigenvalue weighted by atomic mass is 16.6. The Hall–Kier alpha value is -2.21. The minimum Gasteiger partial charge on any atom is -0.394 e. The molecule has 1 aromatic rings. The minimum absolute atomic E-state index is 0.00650. The Morgan fingerprint density at radius 1 is 1.42 bits per heavy atom. The third kappa shape index (κ3) is 3.64. The second-order valence-corrected chi connectivity index (χ2v) is 5.32. The molecule has 0 radical (unpaired) electrons. The summed E-state index contributed by atoms with van der Waals surface area (Å²) in [6.45, 7) is -0.826. The second-order valence-electron chi connectivity index (χ2n) is 5.32.